The first-order valence-corrected chi connectivity index (χ1v) is 7.48. The number of halogens is 1. The van der Waals surface area contributed by atoms with Gasteiger partial charge < -0.3 is 10.4 Å². The van der Waals surface area contributed by atoms with Gasteiger partial charge in [0.05, 0.1) is 16.0 Å². The molecule has 0 aliphatic rings. The zero-order valence-corrected chi connectivity index (χ0v) is 12.8. The van der Waals surface area contributed by atoms with Crippen molar-refractivity contribution in [1.29, 1.82) is 0 Å². The number of aliphatic hydroxyl groups excluding tert-OH is 1. The van der Waals surface area contributed by atoms with Crippen molar-refractivity contribution in [2.24, 2.45) is 0 Å². The molecule has 0 aromatic carbocycles. The molecule has 2 rings (SSSR count). The Kier molecular flexibility index (Phi) is 5.30. The maximum Gasteiger partial charge on any atom is 0.257 e. The first kappa shape index (κ1) is 14.7. The number of pyridine rings is 1. The SMILES string of the molecule is O=C(Nc1cccc(C#CCCO)n1)c1csc(Br)c1. The van der Waals surface area contributed by atoms with Gasteiger partial charge in [-0.15, -0.1) is 11.3 Å². The Morgan fingerprint density at radius 2 is 2.35 bits per heavy atom. The van der Waals surface area contributed by atoms with Crippen LogP contribution in [0.3, 0.4) is 0 Å². The van der Waals surface area contributed by atoms with Gasteiger partial charge in [-0.3, -0.25) is 4.79 Å². The predicted molar refractivity (Wildman–Crippen MR) is 82.8 cm³/mol. The molecule has 0 aliphatic carbocycles. The van der Waals surface area contributed by atoms with Crippen LogP contribution in [-0.2, 0) is 0 Å². The summed E-state index contributed by atoms with van der Waals surface area (Å²) in [6, 6.07) is 6.98. The number of carbonyl (C=O) groups is 1. The fourth-order valence-corrected chi connectivity index (χ4v) is 2.54. The third-order valence-corrected chi connectivity index (χ3v) is 3.78. The Balaban J connectivity index is 2.08. The maximum atomic E-state index is 12.0. The number of nitrogens with one attached hydrogen (secondary N) is 1. The van der Waals surface area contributed by atoms with Gasteiger partial charge in [0.25, 0.3) is 5.91 Å². The number of hydrogen-bond acceptors (Lipinski definition) is 4. The Morgan fingerprint density at radius 3 is 3.05 bits per heavy atom. The smallest absolute Gasteiger partial charge is 0.257 e. The highest BCUT2D eigenvalue weighted by Crippen LogP contribution is 2.21. The number of aromatic nitrogens is 1. The molecule has 0 saturated heterocycles. The van der Waals surface area contributed by atoms with Crippen LogP contribution in [0.4, 0.5) is 5.82 Å². The molecular formula is C14H11BrN2O2S. The molecule has 2 N–H and O–H groups in total. The number of aliphatic hydroxyl groups is 1. The number of anilines is 1. The van der Waals surface area contributed by atoms with E-state index in [-0.39, 0.29) is 12.5 Å². The van der Waals surface area contributed by atoms with E-state index in [0.29, 0.717) is 23.5 Å². The van der Waals surface area contributed by atoms with Gasteiger partial charge in [0.15, 0.2) is 0 Å². The first-order valence-electron chi connectivity index (χ1n) is 5.81. The van der Waals surface area contributed by atoms with Crippen LogP contribution in [0.15, 0.2) is 33.4 Å². The van der Waals surface area contributed by atoms with Crippen molar-refractivity contribution in [1.82, 2.24) is 4.98 Å². The third kappa shape index (κ3) is 4.17. The zero-order chi connectivity index (χ0) is 14.4. The quantitative estimate of drug-likeness (QED) is 0.836. The number of hydrogen-bond donors (Lipinski definition) is 2. The van der Waals surface area contributed by atoms with Crippen LogP contribution in [0, 0.1) is 11.8 Å². The summed E-state index contributed by atoms with van der Waals surface area (Å²) in [6.45, 7) is 0.0243. The lowest BCUT2D eigenvalue weighted by atomic mass is 10.3. The van der Waals surface area contributed by atoms with Crippen LogP contribution in [0.5, 0.6) is 0 Å². The Morgan fingerprint density at radius 1 is 1.50 bits per heavy atom. The van der Waals surface area contributed by atoms with E-state index >= 15 is 0 Å². The van der Waals surface area contributed by atoms with E-state index in [1.54, 1.807) is 29.6 Å². The number of rotatable bonds is 3. The first-order chi connectivity index (χ1) is 9.69. The molecule has 20 heavy (non-hydrogen) atoms. The predicted octanol–water partition coefficient (Wildman–Crippen LogP) is 2.89. The molecule has 0 spiro atoms. The van der Waals surface area contributed by atoms with Crippen molar-refractivity contribution in [3.8, 4) is 11.8 Å². The lowest BCUT2D eigenvalue weighted by Crippen LogP contribution is -2.12. The minimum Gasteiger partial charge on any atom is -0.395 e. The minimum atomic E-state index is -0.208. The zero-order valence-electron chi connectivity index (χ0n) is 10.4. The molecule has 0 aliphatic heterocycles. The van der Waals surface area contributed by atoms with E-state index in [1.165, 1.54) is 11.3 Å². The van der Waals surface area contributed by atoms with E-state index in [2.05, 4.69) is 38.1 Å². The molecule has 0 radical (unpaired) electrons. The third-order valence-electron chi connectivity index (χ3n) is 2.27. The van der Waals surface area contributed by atoms with Gasteiger partial charge in [0.1, 0.15) is 11.5 Å². The van der Waals surface area contributed by atoms with Crippen molar-refractivity contribution in [3.05, 3.63) is 44.7 Å². The molecule has 102 valence electrons. The van der Waals surface area contributed by atoms with E-state index in [0.717, 1.165) is 3.79 Å². The van der Waals surface area contributed by atoms with Crippen LogP contribution >= 0.6 is 27.3 Å². The lowest BCUT2D eigenvalue weighted by molar-refractivity contribution is 0.102. The topological polar surface area (TPSA) is 62.2 Å². The van der Waals surface area contributed by atoms with Gasteiger partial charge in [0.2, 0.25) is 0 Å². The second-order valence-electron chi connectivity index (χ2n) is 3.78. The Bertz CT molecular complexity index is 673. The maximum absolute atomic E-state index is 12.0. The molecule has 0 saturated carbocycles. The summed E-state index contributed by atoms with van der Waals surface area (Å²) in [5, 5.41) is 13.2. The van der Waals surface area contributed by atoms with Crippen molar-refractivity contribution >= 4 is 39.0 Å². The monoisotopic (exact) mass is 350 g/mol. The van der Waals surface area contributed by atoms with Gasteiger partial charge in [-0.2, -0.15) is 0 Å². The fraction of sp³-hybridized carbons (Fsp3) is 0.143. The molecule has 2 heterocycles. The lowest BCUT2D eigenvalue weighted by Gasteiger charge is -2.02. The molecule has 0 unspecified atom stereocenters. The highest BCUT2D eigenvalue weighted by Gasteiger charge is 2.08. The molecule has 6 heteroatoms. The molecule has 2 aromatic heterocycles. The molecule has 0 fully saturated rings. The largest absolute Gasteiger partial charge is 0.395 e. The van der Waals surface area contributed by atoms with E-state index in [1.807, 2.05) is 0 Å². The standard InChI is InChI=1S/C14H11BrN2O2S/c15-12-8-10(9-20-12)14(19)17-13-6-3-5-11(16-13)4-1-2-7-18/h3,5-6,8-9,18H,2,7H2,(H,16,17,19). The van der Waals surface area contributed by atoms with Gasteiger partial charge in [0, 0.05) is 11.8 Å². The second kappa shape index (κ2) is 7.20. The average molecular weight is 351 g/mol. The van der Waals surface area contributed by atoms with Crippen LogP contribution in [0.1, 0.15) is 22.5 Å². The second-order valence-corrected chi connectivity index (χ2v) is 6.07. The number of carbonyl (C=O) groups excluding carboxylic acids is 1. The van der Waals surface area contributed by atoms with Crippen molar-refractivity contribution in [2.45, 2.75) is 6.42 Å². The van der Waals surface area contributed by atoms with Crippen LogP contribution in [0.2, 0.25) is 0 Å². The van der Waals surface area contributed by atoms with Gasteiger partial charge >= 0.3 is 0 Å². The van der Waals surface area contributed by atoms with Crippen LogP contribution < -0.4 is 5.32 Å². The van der Waals surface area contributed by atoms with Gasteiger partial charge in [-0.1, -0.05) is 12.0 Å². The average Bonchev–Trinajstić information content (AvgIpc) is 2.86. The molecule has 0 bridgehead atoms. The minimum absolute atomic E-state index is 0.0243. The molecular weight excluding hydrogens is 340 g/mol. The van der Waals surface area contributed by atoms with Crippen LogP contribution in [-0.4, -0.2) is 22.6 Å². The van der Waals surface area contributed by atoms with Gasteiger partial charge in [-0.05, 0) is 40.0 Å². The van der Waals surface area contributed by atoms with Crippen molar-refractivity contribution in [2.75, 3.05) is 11.9 Å². The van der Waals surface area contributed by atoms with E-state index in [9.17, 15) is 4.79 Å². The van der Waals surface area contributed by atoms with Gasteiger partial charge in [-0.25, -0.2) is 4.98 Å². The molecule has 1 amide bonds. The summed E-state index contributed by atoms with van der Waals surface area (Å²) in [4.78, 5) is 16.2. The summed E-state index contributed by atoms with van der Waals surface area (Å²) < 4.78 is 0.902. The van der Waals surface area contributed by atoms with Crippen molar-refractivity contribution in [3.63, 3.8) is 0 Å². The van der Waals surface area contributed by atoms with Crippen LogP contribution in [0.25, 0.3) is 0 Å². The molecule has 4 nitrogen and oxygen atoms in total. The normalized spacial score (nSPS) is 9.70. The summed E-state index contributed by atoms with van der Waals surface area (Å²) >= 11 is 4.77. The number of thiophene rings is 1. The summed E-state index contributed by atoms with van der Waals surface area (Å²) in [7, 11) is 0. The number of amides is 1. The molecule has 0 atom stereocenters. The Labute approximate surface area is 129 Å². The highest BCUT2D eigenvalue weighted by molar-refractivity contribution is 9.11. The number of nitrogens with zero attached hydrogens (tertiary/aromatic N) is 1. The Hall–Kier alpha value is -1.68. The fourth-order valence-electron chi connectivity index (χ4n) is 1.40. The highest BCUT2D eigenvalue weighted by atomic mass is 79.9. The summed E-state index contributed by atoms with van der Waals surface area (Å²) in [5.74, 6) is 5.86. The van der Waals surface area contributed by atoms with E-state index in [4.69, 9.17) is 5.11 Å². The summed E-state index contributed by atoms with van der Waals surface area (Å²) in [5.41, 5.74) is 1.14. The van der Waals surface area contributed by atoms with E-state index < -0.39 is 0 Å². The van der Waals surface area contributed by atoms with Crippen molar-refractivity contribution < 1.29 is 9.90 Å². The molecule has 2 aromatic rings. The summed E-state index contributed by atoms with van der Waals surface area (Å²) in [6.07, 6.45) is 0.404.